The summed E-state index contributed by atoms with van der Waals surface area (Å²) in [6.45, 7) is 2.59. The molecule has 0 aromatic carbocycles. The van der Waals surface area contributed by atoms with Crippen molar-refractivity contribution >= 4 is 11.9 Å². The number of carboxylic acids is 1. The first-order valence-electron chi connectivity index (χ1n) is 9.84. The summed E-state index contributed by atoms with van der Waals surface area (Å²) in [6.07, 6.45) is 14.4. The molecule has 157 valence electrons. The maximum absolute atomic E-state index is 11.6. The van der Waals surface area contributed by atoms with Gasteiger partial charge in [0.05, 0.1) is 6.61 Å². The van der Waals surface area contributed by atoms with Gasteiger partial charge in [-0.25, -0.2) is 0 Å². The summed E-state index contributed by atoms with van der Waals surface area (Å²) in [7, 11) is 0. The number of hydrogen-bond acceptors (Lipinski definition) is 4. The summed E-state index contributed by atoms with van der Waals surface area (Å²) < 4.78 is 5.00. The number of carbonyl (C=O) groups excluding carboxylic acids is 2. The van der Waals surface area contributed by atoms with Gasteiger partial charge >= 0.3 is 17.1 Å². The second-order valence-corrected chi connectivity index (χ2v) is 6.58. The van der Waals surface area contributed by atoms with Gasteiger partial charge in [0.25, 0.3) is 0 Å². The van der Waals surface area contributed by atoms with Crippen LogP contribution in [0.2, 0.25) is 0 Å². The molecule has 7 heteroatoms. The Labute approximate surface area is 169 Å². The van der Waals surface area contributed by atoms with Crippen molar-refractivity contribution in [1.82, 2.24) is 5.32 Å². The Balaban J connectivity index is 0. The Morgan fingerprint density at radius 1 is 0.962 bits per heavy atom. The van der Waals surface area contributed by atoms with E-state index in [4.69, 9.17) is 10.5 Å². The van der Waals surface area contributed by atoms with Crippen molar-refractivity contribution in [3.05, 3.63) is 5.73 Å². The van der Waals surface area contributed by atoms with Gasteiger partial charge in [0.15, 0.2) is 0 Å². The monoisotopic (exact) mass is 419 g/mol. The molecular weight excluding hydrogens is 384 g/mol. The zero-order valence-electron chi connectivity index (χ0n) is 16.1. The van der Waals surface area contributed by atoms with Crippen LogP contribution < -0.4 is 10.4 Å². The number of carboxylic acid groups (broad SMARTS) is 1. The van der Waals surface area contributed by atoms with Crippen LogP contribution in [-0.4, -0.2) is 37.7 Å². The van der Waals surface area contributed by atoms with E-state index in [1.54, 1.807) is 0 Å². The summed E-state index contributed by atoms with van der Waals surface area (Å²) in [6, 6.07) is -1.37. The minimum atomic E-state index is -1.44. The Morgan fingerprint density at radius 3 is 1.96 bits per heavy atom. The van der Waals surface area contributed by atoms with Crippen LogP contribution in [0.15, 0.2) is 0 Å². The topological polar surface area (TPSA) is 102 Å². The molecule has 0 aromatic rings. The molecule has 0 spiro atoms. The second-order valence-electron chi connectivity index (χ2n) is 6.58. The molecule has 0 aliphatic carbocycles. The number of rotatable bonds is 18. The smallest absolute Gasteiger partial charge is 0.668 e. The van der Waals surface area contributed by atoms with E-state index in [2.05, 4.69) is 12.2 Å². The first-order valence-corrected chi connectivity index (χ1v) is 9.84. The van der Waals surface area contributed by atoms with Gasteiger partial charge in [-0.2, -0.15) is 0 Å². The maximum atomic E-state index is 11.6. The Kier molecular flexibility index (Phi) is 22.0. The van der Waals surface area contributed by atoms with Crippen LogP contribution >= 0.6 is 0 Å². The van der Waals surface area contributed by atoms with E-state index >= 15 is 0 Å². The molecule has 0 aliphatic rings. The number of aliphatic carboxylic acids is 1. The van der Waals surface area contributed by atoms with Crippen molar-refractivity contribution in [2.75, 3.05) is 19.8 Å². The van der Waals surface area contributed by atoms with Crippen LogP contribution in [0.1, 0.15) is 84.0 Å². The Morgan fingerprint density at radius 2 is 1.46 bits per heavy atom. The fraction of sp³-hybridized carbons (Fsp3) is 0.895. The first-order chi connectivity index (χ1) is 12.1. The first kappa shape index (κ1) is 27.6. The maximum Gasteiger partial charge on any atom is 2.00 e. The largest absolute Gasteiger partial charge is 2.00 e. The fourth-order valence-electron chi connectivity index (χ4n) is 2.57. The van der Waals surface area contributed by atoms with Crippen LogP contribution in [-0.2, 0) is 31.4 Å². The van der Waals surface area contributed by atoms with Crippen molar-refractivity contribution in [2.24, 2.45) is 0 Å². The van der Waals surface area contributed by atoms with Gasteiger partial charge in [-0.3, -0.25) is 4.79 Å². The summed E-state index contributed by atoms with van der Waals surface area (Å²) in [5.74, 6) is -1.44. The third kappa shape index (κ3) is 19.7. The molecule has 0 aromatic heterocycles. The number of ether oxygens (including phenoxy) is 1. The van der Waals surface area contributed by atoms with Crippen LogP contribution in [0.3, 0.4) is 0 Å². The minimum Gasteiger partial charge on any atom is -0.668 e. The standard InChI is InChI=1S/C19H37N2O4.Cu/c1-2-3-4-5-6-7-8-9-10-11-12-13-18(22)21-14-15-25-16-17(20)19(23)24;/h17,20H,2-16H2,1H3,(H,21,22)(H,23,24);/q-1;+2/p-1/t17-;/m0./s1. The molecule has 0 rings (SSSR count). The molecule has 1 radical (unpaired) electrons. The number of unbranched alkanes of at least 4 members (excludes halogenated alkanes) is 10. The van der Waals surface area contributed by atoms with Crippen molar-refractivity contribution in [2.45, 2.75) is 90.0 Å². The van der Waals surface area contributed by atoms with Gasteiger partial charge in [0.1, 0.15) is 0 Å². The average Bonchev–Trinajstić information content (AvgIpc) is 2.59. The molecule has 0 fully saturated rings. The van der Waals surface area contributed by atoms with E-state index in [0.29, 0.717) is 13.0 Å². The molecule has 0 saturated carbocycles. The summed E-state index contributed by atoms with van der Waals surface area (Å²) in [5, 5.41) is 13.0. The van der Waals surface area contributed by atoms with E-state index in [0.717, 1.165) is 12.8 Å². The zero-order valence-corrected chi connectivity index (χ0v) is 17.1. The van der Waals surface area contributed by atoms with Gasteiger partial charge in [-0.05, 0) is 6.42 Å². The quantitative estimate of drug-likeness (QED) is 0.272. The Bertz CT molecular complexity index is 344. The number of amides is 1. The SMILES string of the molecule is CCCCCCCCCCCCCC(=O)NCCOC[C@H]([NH-])C(=O)[O-].[Cu+2]. The molecule has 1 atom stereocenters. The molecule has 0 bridgehead atoms. The van der Waals surface area contributed by atoms with Crippen molar-refractivity contribution in [1.29, 1.82) is 0 Å². The molecule has 26 heavy (non-hydrogen) atoms. The summed E-state index contributed by atoms with van der Waals surface area (Å²) in [5.41, 5.74) is 7.08. The number of hydrogen-bond donors (Lipinski definition) is 1. The average molecular weight is 420 g/mol. The van der Waals surface area contributed by atoms with E-state index in [9.17, 15) is 14.7 Å². The van der Waals surface area contributed by atoms with Gasteiger partial charge < -0.3 is 25.7 Å². The fourth-order valence-corrected chi connectivity index (χ4v) is 2.57. The Hall–Kier alpha value is -0.621. The van der Waals surface area contributed by atoms with Crippen LogP contribution in [0, 0.1) is 0 Å². The van der Waals surface area contributed by atoms with E-state index < -0.39 is 12.0 Å². The predicted octanol–water partition coefficient (Wildman–Crippen LogP) is 2.99. The molecule has 0 saturated heterocycles. The van der Waals surface area contributed by atoms with Gasteiger partial charge in [0.2, 0.25) is 5.91 Å². The molecule has 1 amide bonds. The van der Waals surface area contributed by atoms with Crippen molar-refractivity contribution < 1.29 is 36.5 Å². The molecule has 2 N–H and O–H groups in total. The van der Waals surface area contributed by atoms with Crippen LogP contribution in [0.5, 0.6) is 0 Å². The molecular formula is C19H36CuN2O4. The summed E-state index contributed by atoms with van der Waals surface area (Å²) >= 11 is 0. The van der Waals surface area contributed by atoms with E-state index in [-0.39, 0.29) is 36.2 Å². The number of nitrogens with one attached hydrogen (secondary N) is 2. The predicted molar refractivity (Wildman–Crippen MR) is 98.0 cm³/mol. The van der Waals surface area contributed by atoms with Gasteiger partial charge in [0, 0.05) is 25.5 Å². The van der Waals surface area contributed by atoms with Crippen molar-refractivity contribution in [3.8, 4) is 0 Å². The minimum absolute atomic E-state index is 0. The third-order valence-corrected chi connectivity index (χ3v) is 4.14. The van der Waals surface area contributed by atoms with Gasteiger partial charge in [-0.15, -0.1) is 0 Å². The number of carbonyl (C=O) groups is 2. The molecule has 0 unspecified atom stereocenters. The van der Waals surface area contributed by atoms with Crippen LogP contribution in [0.25, 0.3) is 5.73 Å². The normalized spacial score (nSPS) is 11.6. The molecule has 6 nitrogen and oxygen atoms in total. The second kappa shape index (κ2) is 20.7. The van der Waals surface area contributed by atoms with Gasteiger partial charge in [-0.1, -0.05) is 77.2 Å². The zero-order chi connectivity index (χ0) is 18.8. The molecule has 0 heterocycles. The van der Waals surface area contributed by atoms with Crippen molar-refractivity contribution in [3.63, 3.8) is 0 Å². The molecule has 0 aliphatic heterocycles. The van der Waals surface area contributed by atoms with E-state index in [1.165, 1.54) is 57.8 Å². The van der Waals surface area contributed by atoms with Crippen LogP contribution in [0.4, 0.5) is 0 Å². The van der Waals surface area contributed by atoms with E-state index in [1.807, 2.05) is 0 Å². The summed E-state index contributed by atoms with van der Waals surface area (Å²) in [4.78, 5) is 21.9. The third-order valence-electron chi connectivity index (χ3n) is 4.14.